The molecule has 2 N–H and O–H groups in total. The van der Waals surface area contributed by atoms with Gasteiger partial charge < -0.3 is 10.6 Å². The molecule has 5 nitrogen and oxygen atoms in total. The van der Waals surface area contributed by atoms with Crippen LogP contribution in [0.5, 0.6) is 0 Å². The molecule has 7 heteroatoms. The lowest BCUT2D eigenvalue weighted by molar-refractivity contribution is -0.115. The first-order valence-electron chi connectivity index (χ1n) is 11.0. The number of amides is 2. The minimum Gasteiger partial charge on any atom is -0.325 e. The molecule has 34 heavy (non-hydrogen) atoms. The molecule has 0 spiro atoms. The van der Waals surface area contributed by atoms with Gasteiger partial charge in [-0.05, 0) is 76.1 Å². The van der Waals surface area contributed by atoms with Crippen molar-refractivity contribution in [1.82, 2.24) is 4.98 Å². The monoisotopic (exact) mass is 489 g/mol. The van der Waals surface area contributed by atoms with Crippen molar-refractivity contribution in [2.45, 2.75) is 44.2 Å². The van der Waals surface area contributed by atoms with Gasteiger partial charge in [0, 0.05) is 16.9 Å². The number of thioether (sulfide) groups is 1. The molecule has 0 bridgehead atoms. The number of aryl methyl sites for hydroxylation is 4. The molecule has 2 amide bonds. The summed E-state index contributed by atoms with van der Waals surface area (Å²) in [5.41, 5.74) is 7.40. The molecular formula is C27H27N3O2S2. The van der Waals surface area contributed by atoms with Gasteiger partial charge in [-0.15, -0.1) is 11.3 Å². The van der Waals surface area contributed by atoms with E-state index in [4.69, 9.17) is 0 Å². The summed E-state index contributed by atoms with van der Waals surface area (Å²) in [5.74, 6) is -0.195. The number of thiazole rings is 1. The number of carbonyl (C=O) groups excluding carboxylic acids is 2. The van der Waals surface area contributed by atoms with E-state index >= 15 is 0 Å². The van der Waals surface area contributed by atoms with Gasteiger partial charge in [-0.3, -0.25) is 9.59 Å². The summed E-state index contributed by atoms with van der Waals surface area (Å²) in [6.07, 6.45) is 0. The van der Waals surface area contributed by atoms with E-state index in [2.05, 4.69) is 34.7 Å². The van der Waals surface area contributed by atoms with Crippen LogP contribution < -0.4 is 10.6 Å². The molecule has 4 aromatic rings. The predicted octanol–water partition coefficient (Wildman–Crippen LogP) is 6.90. The van der Waals surface area contributed by atoms with Crippen LogP contribution in [0.1, 0.15) is 39.5 Å². The number of anilines is 2. The lowest BCUT2D eigenvalue weighted by Crippen LogP contribution is -2.23. The molecule has 1 heterocycles. The SMILES string of the molecule is Cc1cccc(C(=O)Nc2ccc3nc(SC(C)C(=O)Nc4c(C)cc(C)cc4C)sc3c2)c1. The van der Waals surface area contributed by atoms with Crippen LogP contribution in [-0.2, 0) is 4.79 Å². The fourth-order valence-electron chi connectivity index (χ4n) is 3.83. The Bertz CT molecular complexity index is 1370. The molecule has 0 aliphatic carbocycles. The fraction of sp³-hybridized carbons (Fsp3) is 0.222. The number of nitrogens with one attached hydrogen (secondary N) is 2. The zero-order valence-electron chi connectivity index (χ0n) is 19.9. The van der Waals surface area contributed by atoms with Gasteiger partial charge in [0.15, 0.2) is 4.34 Å². The van der Waals surface area contributed by atoms with Gasteiger partial charge in [0.1, 0.15) is 0 Å². The highest BCUT2D eigenvalue weighted by atomic mass is 32.2. The fourth-order valence-corrected chi connectivity index (χ4v) is 6.08. The van der Waals surface area contributed by atoms with E-state index in [0.717, 1.165) is 42.6 Å². The third-order valence-corrected chi connectivity index (χ3v) is 7.69. The van der Waals surface area contributed by atoms with Gasteiger partial charge in [-0.2, -0.15) is 0 Å². The average Bonchev–Trinajstić information content (AvgIpc) is 3.17. The Labute approximate surface area is 208 Å². The van der Waals surface area contributed by atoms with Crippen molar-refractivity contribution in [3.63, 3.8) is 0 Å². The normalized spacial score (nSPS) is 11.9. The molecule has 0 fully saturated rings. The second-order valence-electron chi connectivity index (χ2n) is 8.51. The zero-order valence-corrected chi connectivity index (χ0v) is 21.5. The van der Waals surface area contributed by atoms with Crippen LogP contribution in [0.25, 0.3) is 10.2 Å². The van der Waals surface area contributed by atoms with Crippen molar-refractivity contribution >= 4 is 56.5 Å². The molecular weight excluding hydrogens is 462 g/mol. The summed E-state index contributed by atoms with van der Waals surface area (Å²) in [7, 11) is 0. The van der Waals surface area contributed by atoms with E-state index in [1.165, 1.54) is 28.7 Å². The Balaban J connectivity index is 1.44. The topological polar surface area (TPSA) is 71.1 Å². The molecule has 1 unspecified atom stereocenters. The summed E-state index contributed by atoms with van der Waals surface area (Å²) in [6, 6.07) is 17.3. The highest BCUT2D eigenvalue weighted by Crippen LogP contribution is 2.34. The maximum absolute atomic E-state index is 12.9. The first-order valence-corrected chi connectivity index (χ1v) is 12.7. The van der Waals surface area contributed by atoms with Crippen molar-refractivity contribution < 1.29 is 9.59 Å². The average molecular weight is 490 g/mol. The van der Waals surface area contributed by atoms with Crippen LogP contribution in [0.15, 0.2) is 58.9 Å². The number of aromatic nitrogens is 1. The van der Waals surface area contributed by atoms with E-state index in [0.29, 0.717) is 5.56 Å². The molecule has 1 atom stereocenters. The molecule has 174 valence electrons. The van der Waals surface area contributed by atoms with Crippen LogP contribution in [0.2, 0.25) is 0 Å². The first-order chi connectivity index (χ1) is 16.2. The summed E-state index contributed by atoms with van der Waals surface area (Å²) in [5, 5.41) is 5.73. The van der Waals surface area contributed by atoms with Crippen LogP contribution in [0.4, 0.5) is 11.4 Å². The molecule has 1 aromatic heterocycles. The molecule has 0 saturated heterocycles. The van der Waals surface area contributed by atoms with Crippen LogP contribution in [0, 0.1) is 27.7 Å². The number of fused-ring (bicyclic) bond motifs is 1. The minimum atomic E-state index is -0.304. The second kappa shape index (κ2) is 9.99. The van der Waals surface area contributed by atoms with E-state index in [1.807, 2.05) is 64.1 Å². The summed E-state index contributed by atoms with van der Waals surface area (Å²) < 4.78 is 1.78. The van der Waals surface area contributed by atoms with Gasteiger partial charge in [-0.25, -0.2) is 4.98 Å². The van der Waals surface area contributed by atoms with Gasteiger partial charge in [-0.1, -0.05) is 47.2 Å². The summed E-state index contributed by atoms with van der Waals surface area (Å²) in [6.45, 7) is 9.92. The quantitative estimate of drug-likeness (QED) is 0.289. The van der Waals surface area contributed by atoms with E-state index in [9.17, 15) is 9.59 Å². The first kappa shape index (κ1) is 24.0. The lowest BCUT2D eigenvalue weighted by atomic mass is 10.1. The van der Waals surface area contributed by atoms with E-state index in [-0.39, 0.29) is 17.1 Å². The van der Waals surface area contributed by atoms with Crippen molar-refractivity contribution in [1.29, 1.82) is 0 Å². The maximum Gasteiger partial charge on any atom is 0.255 e. The largest absolute Gasteiger partial charge is 0.325 e. The number of hydrogen-bond acceptors (Lipinski definition) is 5. The minimum absolute atomic E-state index is 0.0505. The molecule has 0 aliphatic rings. The van der Waals surface area contributed by atoms with Gasteiger partial charge in [0.25, 0.3) is 5.91 Å². The maximum atomic E-state index is 12.9. The van der Waals surface area contributed by atoms with Crippen molar-refractivity contribution in [2.75, 3.05) is 10.6 Å². The Morgan fingerprint density at radius 2 is 1.65 bits per heavy atom. The van der Waals surface area contributed by atoms with Gasteiger partial charge >= 0.3 is 0 Å². The van der Waals surface area contributed by atoms with Crippen LogP contribution in [-0.4, -0.2) is 22.0 Å². The highest BCUT2D eigenvalue weighted by molar-refractivity contribution is 8.02. The molecule has 0 aliphatic heterocycles. The standard InChI is InChI=1S/C27H27N3O2S2/c1-15-7-6-8-20(13-15)26(32)28-21-9-10-22-23(14-21)34-27(29-22)33-19(5)25(31)30-24-17(3)11-16(2)12-18(24)4/h6-14,19H,1-5H3,(H,28,32)(H,30,31). The third-order valence-electron chi connectivity index (χ3n) is 5.48. The van der Waals surface area contributed by atoms with Gasteiger partial charge in [0.05, 0.1) is 15.5 Å². The van der Waals surface area contributed by atoms with Crippen LogP contribution >= 0.6 is 23.1 Å². The number of nitrogens with zero attached hydrogens (tertiary/aromatic N) is 1. The van der Waals surface area contributed by atoms with Crippen molar-refractivity contribution in [3.8, 4) is 0 Å². The smallest absolute Gasteiger partial charge is 0.255 e. The lowest BCUT2D eigenvalue weighted by Gasteiger charge is -2.15. The zero-order chi connectivity index (χ0) is 24.4. The second-order valence-corrected chi connectivity index (χ2v) is 11.1. The summed E-state index contributed by atoms with van der Waals surface area (Å²) >= 11 is 2.96. The van der Waals surface area contributed by atoms with E-state index in [1.54, 1.807) is 6.07 Å². The molecule has 3 aromatic carbocycles. The summed E-state index contributed by atoms with van der Waals surface area (Å²) in [4.78, 5) is 30.1. The predicted molar refractivity (Wildman–Crippen MR) is 143 cm³/mol. The number of carbonyl (C=O) groups is 2. The van der Waals surface area contributed by atoms with Gasteiger partial charge in [0.2, 0.25) is 5.91 Å². The number of hydrogen-bond donors (Lipinski definition) is 2. The van der Waals surface area contributed by atoms with E-state index < -0.39 is 0 Å². The number of benzene rings is 3. The molecule has 4 rings (SSSR count). The number of rotatable bonds is 6. The highest BCUT2D eigenvalue weighted by Gasteiger charge is 2.19. The van der Waals surface area contributed by atoms with Crippen molar-refractivity contribution in [3.05, 3.63) is 82.4 Å². The third kappa shape index (κ3) is 5.48. The molecule has 0 radical (unpaired) electrons. The Hall–Kier alpha value is -3.16. The molecule has 0 saturated carbocycles. The Morgan fingerprint density at radius 1 is 0.912 bits per heavy atom. The Kier molecular flexibility index (Phi) is 7.05. The Morgan fingerprint density at radius 3 is 2.35 bits per heavy atom. The van der Waals surface area contributed by atoms with Crippen LogP contribution in [0.3, 0.4) is 0 Å². The van der Waals surface area contributed by atoms with Crippen molar-refractivity contribution in [2.24, 2.45) is 0 Å².